The highest BCUT2D eigenvalue weighted by Gasteiger charge is 2.20. The fraction of sp³-hybridized carbons (Fsp3) is 0.0870. The number of nitro groups is 2. The van der Waals surface area contributed by atoms with E-state index in [9.17, 15) is 29.8 Å². The summed E-state index contributed by atoms with van der Waals surface area (Å²) in [5.74, 6) is -1.74. The predicted molar refractivity (Wildman–Crippen MR) is 128 cm³/mol. The number of anilines is 1. The molecule has 0 radical (unpaired) electrons. The molecule has 0 aliphatic rings. The Hall–Kier alpha value is -5.53. The molecule has 0 aliphatic heterocycles. The first-order valence-electron chi connectivity index (χ1n) is 10.3. The van der Waals surface area contributed by atoms with Gasteiger partial charge in [-0.25, -0.2) is 9.59 Å². The molecular formula is C23H18N4O10. The van der Waals surface area contributed by atoms with E-state index < -0.39 is 46.4 Å². The van der Waals surface area contributed by atoms with Gasteiger partial charge < -0.3 is 19.7 Å². The summed E-state index contributed by atoms with van der Waals surface area (Å²) in [6, 6.07) is 15.4. The molecule has 0 unspecified atom stereocenters. The van der Waals surface area contributed by atoms with Gasteiger partial charge in [-0.3, -0.25) is 25.7 Å². The highest BCUT2D eigenvalue weighted by molar-refractivity contribution is 6.13. The van der Waals surface area contributed by atoms with E-state index in [1.165, 1.54) is 24.3 Å². The molecule has 0 saturated carbocycles. The zero-order chi connectivity index (χ0) is 26.9. The Labute approximate surface area is 207 Å². The van der Waals surface area contributed by atoms with Crippen LogP contribution in [0.5, 0.6) is 11.5 Å². The van der Waals surface area contributed by atoms with Crippen molar-refractivity contribution in [3.05, 3.63) is 98.1 Å². The van der Waals surface area contributed by atoms with E-state index in [2.05, 4.69) is 10.5 Å². The Balaban J connectivity index is 1.98. The lowest BCUT2D eigenvalue weighted by molar-refractivity contribution is -0.393. The summed E-state index contributed by atoms with van der Waals surface area (Å²) in [7, 11) is 0. The third kappa shape index (κ3) is 7.22. The average molecular weight is 510 g/mol. The van der Waals surface area contributed by atoms with Crippen LogP contribution in [0.4, 0.5) is 17.1 Å². The quantitative estimate of drug-likeness (QED) is 0.183. The molecule has 0 saturated heterocycles. The standard InChI is InChI=1S/C23H18N4O10/c28-21(29)12-36-17-6-1-14(2-7-17)23(15-3-8-18(9-4-15)37-13-22(30)31)25-24-19-10-5-16(26(32)33)11-20(19)27(34)35/h1-11,24H,12-13H2,(H,28,29)(H,30,31). The minimum Gasteiger partial charge on any atom is -0.482 e. The summed E-state index contributed by atoms with van der Waals surface area (Å²) in [5.41, 5.74) is 2.72. The van der Waals surface area contributed by atoms with Crippen molar-refractivity contribution in [3.8, 4) is 11.5 Å². The Bertz CT molecular complexity index is 1290. The summed E-state index contributed by atoms with van der Waals surface area (Å²) in [6.45, 7) is -1.08. The number of non-ortho nitro benzene ring substituents is 1. The summed E-state index contributed by atoms with van der Waals surface area (Å²) in [6.07, 6.45) is 0. The van der Waals surface area contributed by atoms with Crippen molar-refractivity contribution in [1.82, 2.24) is 0 Å². The molecule has 0 bridgehead atoms. The molecule has 0 fully saturated rings. The van der Waals surface area contributed by atoms with Gasteiger partial charge in [-0.15, -0.1) is 0 Å². The molecule has 0 aliphatic carbocycles. The van der Waals surface area contributed by atoms with Crippen LogP contribution in [-0.2, 0) is 9.59 Å². The van der Waals surface area contributed by atoms with Crippen molar-refractivity contribution >= 4 is 34.7 Å². The predicted octanol–water partition coefficient (Wildman–Crippen LogP) is 3.29. The van der Waals surface area contributed by atoms with Crippen LogP contribution in [0.3, 0.4) is 0 Å². The number of carbonyl (C=O) groups is 2. The van der Waals surface area contributed by atoms with Gasteiger partial charge in [-0.1, -0.05) is 0 Å². The number of nitrogens with zero attached hydrogens (tertiary/aromatic N) is 3. The summed E-state index contributed by atoms with van der Waals surface area (Å²) < 4.78 is 10.2. The second kappa shape index (κ2) is 11.7. The van der Waals surface area contributed by atoms with Crippen molar-refractivity contribution in [3.63, 3.8) is 0 Å². The SMILES string of the molecule is O=C(O)COc1ccc(C(=NNc2ccc([N+](=O)[O-])cc2[N+](=O)[O-])c2ccc(OCC(=O)O)cc2)cc1. The fourth-order valence-electron chi connectivity index (χ4n) is 3.00. The fourth-order valence-corrected chi connectivity index (χ4v) is 3.00. The lowest BCUT2D eigenvalue weighted by atomic mass is 10.0. The highest BCUT2D eigenvalue weighted by Crippen LogP contribution is 2.29. The number of ether oxygens (including phenoxy) is 2. The van der Waals surface area contributed by atoms with Gasteiger partial charge >= 0.3 is 17.6 Å². The summed E-state index contributed by atoms with van der Waals surface area (Å²) in [5, 5.41) is 44.3. The Kier molecular flexibility index (Phi) is 8.28. The zero-order valence-electron chi connectivity index (χ0n) is 18.8. The molecule has 0 spiro atoms. The first kappa shape index (κ1) is 26.1. The van der Waals surface area contributed by atoms with E-state index in [-0.39, 0.29) is 22.9 Å². The molecule has 3 N–H and O–H groups in total. The summed E-state index contributed by atoms with van der Waals surface area (Å²) >= 11 is 0. The molecule has 14 heteroatoms. The van der Waals surface area contributed by atoms with Crippen molar-refractivity contribution in [2.45, 2.75) is 0 Å². The van der Waals surface area contributed by atoms with Crippen molar-refractivity contribution in [2.24, 2.45) is 5.10 Å². The van der Waals surface area contributed by atoms with Gasteiger partial charge in [-0.2, -0.15) is 5.10 Å². The van der Waals surface area contributed by atoms with Crippen LogP contribution in [0.15, 0.2) is 71.8 Å². The molecule has 3 rings (SSSR count). The molecule has 0 amide bonds. The number of rotatable bonds is 12. The number of hydrazone groups is 1. The maximum atomic E-state index is 11.5. The van der Waals surface area contributed by atoms with Gasteiger partial charge in [0, 0.05) is 17.2 Å². The maximum Gasteiger partial charge on any atom is 0.341 e. The van der Waals surface area contributed by atoms with Crippen LogP contribution in [0, 0.1) is 20.2 Å². The lowest BCUT2D eigenvalue weighted by Gasteiger charge is -2.11. The van der Waals surface area contributed by atoms with E-state index >= 15 is 0 Å². The van der Waals surface area contributed by atoms with Crippen molar-refractivity contribution in [2.75, 3.05) is 18.6 Å². The Morgan fingerprint density at radius 2 is 1.27 bits per heavy atom. The van der Waals surface area contributed by atoms with Crippen molar-refractivity contribution < 1.29 is 39.1 Å². The van der Waals surface area contributed by atoms with Crippen LogP contribution in [-0.4, -0.2) is 50.9 Å². The molecule has 0 aromatic heterocycles. The van der Waals surface area contributed by atoms with E-state index in [0.29, 0.717) is 11.1 Å². The average Bonchev–Trinajstić information content (AvgIpc) is 2.87. The second-order valence-corrected chi connectivity index (χ2v) is 7.20. The highest BCUT2D eigenvalue weighted by atomic mass is 16.6. The molecule has 3 aromatic carbocycles. The van der Waals surface area contributed by atoms with Gasteiger partial charge in [0.1, 0.15) is 17.2 Å². The molecule has 0 atom stereocenters. The molecule has 0 heterocycles. The first-order valence-corrected chi connectivity index (χ1v) is 10.3. The number of benzene rings is 3. The van der Waals surface area contributed by atoms with Crippen LogP contribution in [0.2, 0.25) is 0 Å². The van der Waals surface area contributed by atoms with Gasteiger partial charge in [0.25, 0.3) is 5.69 Å². The second-order valence-electron chi connectivity index (χ2n) is 7.20. The Morgan fingerprint density at radius 3 is 1.68 bits per heavy atom. The zero-order valence-corrected chi connectivity index (χ0v) is 18.8. The minimum atomic E-state index is -1.15. The topological polar surface area (TPSA) is 204 Å². The van der Waals surface area contributed by atoms with Crippen LogP contribution in [0.25, 0.3) is 0 Å². The van der Waals surface area contributed by atoms with Crippen molar-refractivity contribution in [1.29, 1.82) is 0 Å². The van der Waals surface area contributed by atoms with E-state index in [1.807, 2.05) is 0 Å². The van der Waals surface area contributed by atoms with Gasteiger partial charge in [-0.05, 0) is 54.6 Å². The molecule has 190 valence electrons. The molecular weight excluding hydrogens is 492 g/mol. The number of hydrogen-bond acceptors (Lipinski definition) is 10. The first-order chi connectivity index (χ1) is 17.6. The van der Waals surface area contributed by atoms with Gasteiger partial charge in [0.05, 0.1) is 21.6 Å². The molecule has 3 aromatic rings. The number of nitro benzene ring substituents is 2. The number of hydrogen-bond donors (Lipinski definition) is 3. The number of aliphatic carboxylic acids is 2. The molecule has 37 heavy (non-hydrogen) atoms. The van der Waals surface area contributed by atoms with E-state index in [0.717, 1.165) is 18.2 Å². The lowest BCUT2D eigenvalue weighted by Crippen LogP contribution is -2.11. The normalized spacial score (nSPS) is 10.2. The smallest absolute Gasteiger partial charge is 0.341 e. The monoisotopic (exact) mass is 510 g/mol. The summed E-state index contributed by atoms with van der Waals surface area (Å²) in [4.78, 5) is 42.3. The maximum absolute atomic E-state index is 11.5. The van der Waals surface area contributed by atoms with Gasteiger partial charge in [0.15, 0.2) is 13.2 Å². The Morgan fingerprint density at radius 1 is 0.784 bits per heavy atom. The third-order valence-corrected chi connectivity index (χ3v) is 4.66. The number of carboxylic acids is 2. The van der Waals surface area contributed by atoms with Crippen LogP contribution < -0.4 is 14.9 Å². The van der Waals surface area contributed by atoms with E-state index in [1.54, 1.807) is 24.3 Å². The van der Waals surface area contributed by atoms with Gasteiger partial charge in [0.2, 0.25) is 0 Å². The van der Waals surface area contributed by atoms with Crippen LogP contribution in [0.1, 0.15) is 11.1 Å². The number of nitrogens with one attached hydrogen (secondary N) is 1. The third-order valence-electron chi connectivity index (χ3n) is 4.66. The largest absolute Gasteiger partial charge is 0.482 e. The minimum absolute atomic E-state index is 0.101. The van der Waals surface area contributed by atoms with E-state index in [4.69, 9.17) is 19.7 Å². The van der Waals surface area contributed by atoms with Crippen LogP contribution >= 0.6 is 0 Å². The molecule has 14 nitrogen and oxygen atoms in total. The number of carboxylic acid groups (broad SMARTS) is 2.